The van der Waals surface area contributed by atoms with E-state index in [0.717, 1.165) is 24.8 Å². The summed E-state index contributed by atoms with van der Waals surface area (Å²) in [6.07, 6.45) is 8.37. The SMILES string of the molecule is CN=C(NCC(C)c1ccccc1OC)N1CCC2(CCCCC2)C1.I. The Labute approximate surface area is 175 Å². The van der Waals surface area contributed by atoms with Gasteiger partial charge in [0.1, 0.15) is 5.75 Å². The number of ether oxygens (including phenoxy) is 1. The summed E-state index contributed by atoms with van der Waals surface area (Å²) in [5, 5.41) is 3.60. The first-order chi connectivity index (χ1) is 12.2. The van der Waals surface area contributed by atoms with Crippen molar-refractivity contribution in [3.05, 3.63) is 29.8 Å². The van der Waals surface area contributed by atoms with Gasteiger partial charge in [-0.3, -0.25) is 4.99 Å². The number of para-hydroxylation sites is 1. The van der Waals surface area contributed by atoms with Crippen LogP contribution in [0.25, 0.3) is 0 Å². The third-order valence-corrected chi connectivity index (χ3v) is 6.10. The Balaban J connectivity index is 0.00000243. The Morgan fingerprint density at radius 3 is 2.65 bits per heavy atom. The van der Waals surface area contributed by atoms with Gasteiger partial charge in [-0.25, -0.2) is 0 Å². The zero-order chi connectivity index (χ0) is 17.7. The van der Waals surface area contributed by atoms with Gasteiger partial charge in [0.25, 0.3) is 0 Å². The lowest BCUT2D eigenvalue weighted by Gasteiger charge is -2.33. The number of halogens is 1. The number of hydrogen-bond donors (Lipinski definition) is 1. The Morgan fingerprint density at radius 1 is 1.23 bits per heavy atom. The fourth-order valence-electron chi connectivity index (χ4n) is 4.59. The smallest absolute Gasteiger partial charge is 0.193 e. The molecular formula is C21H34IN3O. The van der Waals surface area contributed by atoms with Crippen LogP contribution >= 0.6 is 24.0 Å². The lowest BCUT2D eigenvalue weighted by atomic mass is 9.73. The molecule has 2 aliphatic rings. The van der Waals surface area contributed by atoms with Crippen LogP contribution in [0.2, 0.25) is 0 Å². The van der Waals surface area contributed by atoms with Crippen molar-refractivity contribution >= 4 is 29.9 Å². The van der Waals surface area contributed by atoms with Gasteiger partial charge in [0.15, 0.2) is 5.96 Å². The number of guanidine groups is 1. The molecule has 26 heavy (non-hydrogen) atoms. The second kappa shape index (κ2) is 9.81. The molecule has 1 unspecified atom stereocenters. The van der Waals surface area contributed by atoms with E-state index in [1.165, 1.54) is 50.6 Å². The molecule has 1 N–H and O–H groups in total. The molecule has 1 aliphatic heterocycles. The summed E-state index contributed by atoms with van der Waals surface area (Å²) in [6.45, 7) is 5.43. The predicted molar refractivity (Wildman–Crippen MR) is 120 cm³/mol. The van der Waals surface area contributed by atoms with Crippen molar-refractivity contribution < 1.29 is 4.74 Å². The Kier molecular flexibility index (Phi) is 8.05. The summed E-state index contributed by atoms with van der Waals surface area (Å²) in [6, 6.07) is 8.29. The van der Waals surface area contributed by atoms with Gasteiger partial charge in [-0.2, -0.15) is 0 Å². The highest BCUT2D eigenvalue weighted by Crippen LogP contribution is 2.43. The van der Waals surface area contributed by atoms with Crippen LogP contribution in [-0.2, 0) is 0 Å². The van der Waals surface area contributed by atoms with Crippen LogP contribution < -0.4 is 10.1 Å². The average Bonchev–Trinajstić information content (AvgIpc) is 3.05. The molecule has 146 valence electrons. The number of aliphatic imine (C=N–C) groups is 1. The fraction of sp³-hybridized carbons (Fsp3) is 0.667. The van der Waals surface area contributed by atoms with Crippen LogP contribution in [0.1, 0.15) is 56.9 Å². The fourth-order valence-corrected chi connectivity index (χ4v) is 4.59. The van der Waals surface area contributed by atoms with Crippen LogP contribution in [0.3, 0.4) is 0 Å². The van der Waals surface area contributed by atoms with Crippen molar-refractivity contribution in [3.63, 3.8) is 0 Å². The highest BCUT2D eigenvalue weighted by atomic mass is 127. The molecule has 0 bridgehead atoms. The van der Waals surface area contributed by atoms with Gasteiger partial charge >= 0.3 is 0 Å². The summed E-state index contributed by atoms with van der Waals surface area (Å²) in [7, 11) is 3.65. The van der Waals surface area contributed by atoms with Gasteiger partial charge < -0.3 is 15.0 Å². The van der Waals surface area contributed by atoms with E-state index < -0.39 is 0 Å². The van der Waals surface area contributed by atoms with Crippen molar-refractivity contribution in [1.29, 1.82) is 0 Å². The molecule has 5 heteroatoms. The third kappa shape index (κ3) is 4.84. The van der Waals surface area contributed by atoms with Crippen LogP contribution in [-0.4, -0.2) is 44.7 Å². The zero-order valence-electron chi connectivity index (χ0n) is 16.5. The quantitative estimate of drug-likeness (QED) is 0.395. The summed E-state index contributed by atoms with van der Waals surface area (Å²) in [5.41, 5.74) is 1.81. The first-order valence-electron chi connectivity index (χ1n) is 9.76. The van der Waals surface area contributed by atoms with Gasteiger partial charge in [0.05, 0.1) is 7.11 Å². The molecule has 1 saturated carbocycles. The molecular weight excluding hydrogens is 437 g/mol. The van der Waals surface area contributed by atoms with Crippen molar-refractivity contribution in [2.45, 2.75) is 51.4 Å². The molecule has 3 rings (SSSR count). The number of methoxy groups -OCH3 is 1. The third-order valence-electron chi connectivity index (χ3n) is 6.10. The number of rotatable bonds is 4. The van der Waals surface area contributed by atoms with Crippen LogP contribution in [0.5, 0.6) is 5.75 Å². The molecule has 0 amide bonds. The monoisotopic (exact) mass is 471 g/mol. The highest BCUT2D eigenvalue weighted by Gasteiger charge is 2.39. The van der Waals surface area contributed by atoms with Crippen molar-refractivity contribution in [2.24, 2.45) is 10.4 Å². The topological polar surface area (TPSA) is 36.9 Å². The lowest BCUT2D eigenvalue weighted by Crippen LogP contribution is -2.42. The van der Waals surface area contributed by atoms with E-state index in [9.17, 15) is 0 Å². The van der Waals surface area contributed by atoms with E-state index in [1.54, 1.807) is 7.11 Å². The summed E-state index contributed by atoms with van der Waals surface area (Å²) < 4.78 is 5.51. The Hall–Kier alpha value is -0.980. The van der Waals surface area contributed by atoms with E-state index in [0.29, 0.717) is 11.3 Å². The molecule has 1 aromatic rings. The summed E-state index contributed by atoms with van der Waals surface area (Å²) >= 11 is 0. The van der Waals surface area contributed by atoms with Crippen molar-refractivity contribution in [2.75, 3.05) is 33.8 Å². The molecule has 1 spiro atoms. The van der Waals surface area contributed by atoms with Crippen LogP contribution in [0, 0.1) is 5.41 Å². The molecule has 1 saturated heterocycles. The molecule has 0 radical (unpaired) electrons. The van der Waals surface area contributed by atoms with Gasteiger partial charge in [-0.1, -0.05) is 44.4 Å². The van der Waals surface area contributed by atoms with Gasteiger partial charge in [-0.15, -0.1) is 24.0 Å². The summed E-state index contributed by atoms with van der Waals surface area (Å²) in [4.78, 5) is 7.03. The second-order valence-corrected chi connectivity index (χ2v) is 7.80. The first kappa shape index (κ1) is 21.3. The van der Waals surface area contributed by atoms with Crippen LogP contribution in [0.15, 0.2) is 29.3 Å². The maximum absolute atomic E-state index is 5.51. The number of nitrogens with zero attached hydrogens (tertiary/aromatic N) is 2. The van der Waals surface area contributed by atoms with Gasteiger partial charge in [-0.05, 0) is 36.3 Å². The van der Waals surface area contributed by atoms with Crippen molar-refractivity contribution in [1.82, 2.24) is 10.2 Å². The van der Waals surface area contributed by atoms with Gasteiger partial charge in [0.2, 0.25) is 0 Å². The first-order valence-corrected chi connectivity index (χ1v) is 9.76. The number of benzene rings is 1. The van der Waals surface area contributed by atoms with Crippen molar-refractivity contribution in [3.8, 4) is 5.75 Å². The second-order valence-electron chi connectivity index (χ2n) is 7.80. The predicted octanol–water partition coefficient (Wildman–Crippen LogP) is 4.65. The minimum Gasteiger partial charge on any atom is -0.496 e. The number of nitrogens with one attached hydrogen (secondary N) is 1. The molecule has 0 aromatic heterocycles. The number of likely N-dealkylation sites (tertiary alicyclic amines) is 1. The van der Waals surface area contributed by atoms with E-state index >= 15 is 0 Å². The summed E-state index contributed by atoms with van der Waals surface area (Å²) in [5.74, 6) is 2.40. The molecule has 1 aromatic carbocycles. The largest absolute Gasteiger partial charge is 0.496 e. The Morgan fingerprint density at radius 2 is 1.96 bits per heavy atom. The normalized spacial score (nSPS) is 20.6. The highest BCUT2D eigenvalue weighted by molar-refractivity contribution is 14.0. The van der Waals surface area contributed by atoms with Crippen LogP contribution in [0.4, 0.5) is 0 Å². The minimum absolute atomic E-state index is 0. The lowest BCUT2D eigenvalue weighted by molar-refractivity contribution is 0.203. The zero-order valence-corrected chi connectivity index (χ0v) is 18.8. The maximum Gasteiger partial charge on any atom is 0.193 e. The minimum atomic E-state index is 0. The van der Waals surface area contributed by atoms with E-state index in [4.69, 9.17) is 4.74 Å². The van der Waals surface area contributed by atoms with E-state index in [-0.39, 0.29) is 24.0 Å². The standard InChI is InChI=1S/C21H33N3O.HI/c1-17(18-9-5-6-10-19(18)25-3)15-23-20(22-2)24-14-13-21(16-24)11-7-4-8-12-21;/h5-6,9-10,17H,4,7-8,11-16H2,1-3H3,(H,22,23);1H. The van der Waals surface area contributed by atoms with E-state index in [2.05, 4.69) is 34.3 Å². The molecule has 2 fully saturated rings. The molecule has 1 heterocycles. The van der Waals surface area contributed by atoms with Gasteiger partial charge in [0, 0.05) is 32.6 Å². The Bertz CT molecular complexity index is 599. The number of hydrogen-bond acceptors (Lipinski definition) is 2. The average molecular weight is 471 g/mol. The van der Waals surface area contributed by atoms with E-state index in [1.807, 2.05) is 19.2 Å². The molecule has 1 atom stereocenters. The molecule has 1 aliphatic carbocycles. The molecule has 4 nitrogen and oxygen atoms in total. The maximum atomic E-state index is 5.51.